The van der Waals surface area contributed by atoms with Gasteiger partial charge in [0.25, 0.3) is 5.69 Å². The Balaban J connectivity index is 1.78. The van der Waals surface area contributed by atoms with Crippen LogP contribution in [0.4, 0.5) is 5.69 Å². The number of nitro groups is 1. The molecule has 2 rings (SSSR count). The number of nitro benzene ring substituents is 1. The minimum atomic E-state index is -0.429. The zero-order valence-electron chi connectivity index (χ0n) is 12.3. The average molecular weight is 320 g/mol. The van der Waals surface area contributed by atoms with Gasteiger partial charge >= 0.3 is 0 Å². The molecule has 0 atom stereocenters. The van der Waals surface area contributed by atoms with Crippen molar-refractivity contribution in [2.24, 2.45) is 0 Å². The molecule has 1 aromatic carbocycles. The molecule has 0 aromatic heterocycles. The van der Waals surface area contributed by atoms with Gasteiger partial charge in [0.2, 0.25) is 0 Å². The average Bonchev–Trinajstić information content (AvgIpc) is 2.53. The van der Waals surface area contributed by atoms with Gasteiger partial charge in [0.1, 0.15) is 0 Å². The summed E-state index contributed by atoms with van der Waals surface area (Å²) in [7, 11) is 0. The molecule has 0 heterocycles. The Labute approximate surface area is 135 Å². The second kappa shape index (κ2) is 7.74. The number of benzene rings is 1. The Morgan fingerprint density at radius 3 is 2.41 bits per heavy atom. The number of nitrogens with one attached hydrogen (secondary N) is 3. The summed E-state index contributed by atoms with van der Waals surface area (Å²) in [6.45, 7) is 3.89. The SMILES string of the molecule is C=C(NNC(=S)NC1CCCCC1)c1ccc([N+](=O)[O-])cc1. The summed E-state index contributed by atoms with van der Waals surface area (Å²) in [6.07, 6.45) is 6.07. The third-order valence-electron chi connectivity index (χ3n) is 3.69. The first-order valence-electron chi connectivity index (χ1n) is 7.32. The van der Waals surface area contributed by atoms with Crippen molar-refractivity contribution >= 4 is 28.7 Å². The largest absolute Gasteiger partial charge is 0.359 e. The highest BCUT2D eigenvalue weighted by Gasteiger charge is 2.13. The fraction of sp³-hybridized carbons (Fsp3) is 0.400. The van der Waals surface area contributed by atoms with Gasteiger partial charge in [-0.3, -0.25) is 21.0 Å². The van der Waals surface area contributed by atoms with Crippen LogP contribution in [0.1, 0.15) is 37.7 Å². The fourth-order valence-electron chi connectivity index (χ4n) is 2.46. The maximum atomic E-state index is 10.6. The van der Waals surface area contributed by atoms with Crippen LogP contribution in [0.2, 0.25) is 0 Å². The van der Waals surface area contributed by atoms with Gasteiger partial charge in [-0.15, -0.1) is 0 Å². The van der Waals surface area contributed by atoms with Gasteiger partial charge in [0.05, 0.1) is 10.6 Å². The van der Waals surface area contributed by atoms with Crippen LogP contribution in [0.25, 0.3) is 5.70 Å². The molecule has 6 nitrogen and oxygen atoms in total. The summed E-state index contributed by atoms with van der Waals surface area (Å²) in [4.78, 5) is 10.2. The third-order valence-corrected chi connectivity index (χ3v) is 3.91. The van der Waals surface area contributed by atoms with Crippen LogP contribution in [0.15, 0.2) is 30.8 Å². The molecule has 1 aromatic rings. The number of hydrazine groups is 1. The predicted molar refractivity (Wildman–Crippen MR) is 91.0 cm³/mol. The molecule has 1 saturated carbocycles. The number of hydrogen-bond donors (Lipinski definition) is 3. The van der Waals surface area contributed by atoms with Crippen molar-refractivity contribution in [1.82, 2.24) is 16.2 Å². The molecular formula is C15H20N4O2S. The highest BCUT2D eigenvalue weighted by molar-refractivity contribution is 7.80. The minimum Gasteiger partial charge on any atom is -0.359 e. The fourth-order valence-corrected chi connectivity index (χ4v) is 2.67. The molecule has 1 aliphatic rings. The molecule has 0 amide bonds. The summed E-state index contributed by atoms with van der Waals surface area (Å²) < 4.78 is 0. The molecule has 0 unspecified atom stereocenters. The number of nitrogens with zero attached hydrogens (tertiary/aromatic N) is 1. The van der Waals surface area contributed by atoms with E-state index in [1.165, 1.54) is 31.4 Å². The Hall–Kier alpha value is -2.15. The van der Waals surface area contributed by atoms with Crippen molar-refractivity contribution in [2.75, 3.05) is 0 Å². The lowest BCUT2D eigenvalue weighted by molar-refractivity contribution is -0.384. The summed E-state index contributed by atoms with van der Waals surface area (Å²) >= 11 is 5.24. The third kappa shape index (κ3) is 4.70. The van der Waals surface area contributed by atoms with Crippen LogP contribution in [0.5, 0.6) is 0 Å². The topological polar surface area (TPSA) is 79.2 Å². The van der Waals surface area contributed by atoms with E-state index in [-0.39, 0.29) is 5.69 Å². The molecule has 0 radical (unpaired) electrons. The second-order valence-corrected chi connectivity index (χ2v) is 5.75. The smallest absolute Gasteiger partial charge is 0.269 e. The Morgan fingerprint density at radius 1 is 1.18 bits per heavy atom. The summed E-state index contributed by atoms with van der Waals surface area (Å²) in [5, 5.41) is 14.4. The van der Waals surface area contributed by atoms with Gasteiger partial charge in [-0.2, -0.15) is 0 Å². The van der Waals surface area contributed by atoms with Gasteiger partial charge in [-0.05, 0) is 42.8 Å². The van der Waals surface area contributed by atoms with E-state index in [0.29, 0.717) is 16.9 Å². The van der Waals surface area contributed by atoms with E-state index in [0.717, 1.165) is 18.4 Å². The van der Waals surface area contributed by atoms with Gasteiger partial charge in [-0.25, -0.2) is 0 Å². The standard InChI is InChI=1S/C15H20N4O2S/c1-11(12-7-9-14(10-8-12)19(20)21)17-18-15(22)16-13-5-3-2-4-6-13/h7-10,13,17H,1-6H2,(H2,16,18,22). The first-order valence-corrected chi connectivity index (χ1v) is 7.73. The Bertz CT molecular complexity index is 553. The maximum Gasteiger partial charge on any atom is 0.269 e. The predicted octanol–water partition coefficient (Wildman–Crippen LogP) is 2.87. The zero-order chi connectivity index (χ0) is 15.9. The van der Waals surface area contributed by atoms with Crippen molar-refractivity contribution in [1.29, 1.82) is 0 Å². The van der Waals surface area contributed by atoms with Crippen LogP contribution in [0.3, 0.4) is 0 Å². The lowest BCUT2D eigenvalue weighted by Gasteiger charge is -2.24. The van der Waals surface area contributed by atoms with E-state index >= 15 is 0 Å². The molecule has 3 N–H and O–H groups in total. The van der Waals surface area contributed by atoms with Gasteiger partial charge in [0, 0.05) is 18.2 Å². The highest BCUT2D eigenvalue weighted by atomic mass is 32.1. The molecule has 7 heteroatoms. The number of non-ortho nitro benzene ring substituents is 1. The summed E-state index contributed by atoms with van der Waals surface area (Å²) in [6, 6.07) is 6.62. The molecular weight excluding hydrogens is 300 g/mol. The van der Waals surface area contributed by atoms with Crippen LogP contribution < -0.4 is 16.2 Å². The van der Waals surface area contributed by atoms with Gasteiger partial charge in [0.15, 0.2) is 5.11 Å². The van der Waals surface area contributed by atoms with Crippen molar-refractivity contribution in [3.05, 3.63) is 46.5 Å². The van der Waals surface area contributed by atoms with E-state index in [2.05, 4.69) is 22.7 Å². The zero-order valence-corrected chi connectivity index (χ0v) is 13.1. The molecule has 0 bridgehead atoms. The Morgan fingerprint density at radius 2 is 1.82 bits per heavy atom. The molecule has 1 aliphatic carbocycles. The normalized spacial score (nSPS) is 14.9. The minimum absolute atomic E-state index is 0.0546. The van der Waals surface area contributed by atoms with Gasteiger partial charge < -0.3 is 5.32 Å². The van der Waals surface area contributed by atoms with Crippen LogP contribution >= 0.6 is 12.2 Å². The molecule has 22 heavy (non-hydrogen) atoms. The first-order chi connectivity index (χ1) is 10.6. The number of hydrogen-bond acceptors (Lipinski definition) is 4. The van der Waals surface area contributed by atoms with E-state index in [1.807, 2.05) is 0 Å². The van der Waals surface area contributed by atoms with Crippen LogP contribution in [0, 0.1) is 10.1 Å². The summed E-state index contributed by atoms with van der Waals surface area (Å²) in [5.41, 5.74) is 7.24. The van der Waals surface area contributed by atoms with E-state index in [1.54, 1.807) is 12.1 Å². The molecule has 1 fully saturated rings. The maximum absolute atomic E-state index is 10.6. The van der Waals surface area contributed by atoms with Crippen LogP contribution in [-0.4, -0.2) is 16.1 Å². The number of rotatable bonds is 5. The molecule has 118 valence electrons. The monoisotopic (exact) mass is 320 g/mol. The first kappa shape index (κ1) is 16.2. The molecule has 0 aliphatic heterocycles. The van der Waals surface area contributed by atoms with E-state index in [4.69, 9.17) is 12.2 Å². The van der Waals surface area contributed by atoms with Crippen molar-refractivity contribution in [2.45, 2.75) is 38.1 Å². The van der Waals surface area contributed by atoms with Crippen molar-refractivity contribution in [3.63, 3.8) is 0 Å². The lowest BCUT2D eigenvalue weighted by atomic mass is 9.96. The van der Waals surface area contributed by atoms with Crippen LogP contribution in [-0.2, 0) is 0 Å². The van der Waals surface area contributed by atoms with E-state index in [9.17, 15) is 10.1 Å². The van der Waals surface area contributed by atoms with Crippen molar-refractivity contribution < 1.29 is 4.92 Å². The summed E-state index contributed by atoms with van der Waals surface area (Å²) in [5.74, 6) is 0. The van der Waals surface area contributed by atoms with E-state index < -0.39 is 4.92 Å². The quantitative estimate of drug-likeness (QED) is 0.440. The van der Waals surface area contributed by atoms with Gasteiger partial charge in [-0.1, -0.05) is 25.8 Å². The molecule has 0 saturated heterocycles. The number of thiocarbonyl (C=S) groups is 1. The molecule has 0 spiro atoms. The highest BCUT2D eigenvalue weighted by Crippen LogP contribution is 2.17. The Kier molecular flexibility index (Phi) is 5.71. The lowest BCUT2D eigenvalue weighted by Crippen LogP contribution is -2.47. The van der Waals surface area contributed by atoms with Crippen molar-refractivity contribution in [3.8, 4) is 0 Å². The second-order valence-electron chi connectivity index (χ2n) is 5.34.